The van der Waals surface area contributed by atoms with Crippen LogP contribution in [0.5, 0.6) is 0 Å². The molecule has 1 N–H and O–H groups in total. The number of allylic oxidation sites excluding steroid dienone is 1. The average Bonchev–Trinajstić information content (AvgIpc) is 2.05. The lowest BCUT2D eigenvalue weighted by Crippen LogP contribution is -2.25. The maximum Gasteiger partial charge on any atom is 0.220 e. The summed E-state index contributed by atoms with van der Waals surface area (Å²) < 4.78 is 0. The Morgan fingerprint density at radius 2 is 1.92 bits per heavy atom. The van der Waals surface area contributed by atoms with Crippen LogP contribution in [0, 0.1) is 5.92 Å². The van der Waals surface area contributed by atoms with E-state index in [4.69, 9.17) is 0 Å². The Morgan fingerprint density at radius 1 is 1.33 bits per heavy atom. The largest absolute Gasteiger partial charge is 0.330 e. The van der Waals surface area contributed by atoms with Gasteiger partial charge in [0.05, 0.1) is 0 Å². The molecule has 1 saturated carbocycles. The Kier molecular flexibility index (Phi) is 3.32. The third-order valence-electron chi connectivity index (χ3n) is 2.43. The molecular formula is C10H17NO. The normalized spacial score (nSPS) is 18.8. The molecule has 12 heavy (non-hydrogen) atoms. The van der Waals surface area contributed by atoms with E-state index in [1.165, 1.54) is 39.0 Å². The van der Waals surface area contributed by atoms with Gasteiger partial charge in [-0.2, -0.15) is 0 Å². The summed E-state index contributed by atoms with van der Waals surface area (Å²) in [6.07, 6.45) is 6.29. The van der Waals surface area contributed by atoms with E-state index in [-0.39, 0.29) is 5.91 Å². The second-order valence-electron chi connectivity index (χ2n) is 3.54. The van der Waals surface area contributed by atoms with Crippen LogP contribution in [0.3, 0.4) is 0 Å². The first-order valence-electron chi connectivity index (χ1n) is 4.66. The lowest BCUT2D eigenvalue weighted by molar-refractivity contribution is -0.118. The molecule has 1 amide bonds. The highest BCUT2D eigenvalue weighted by Crippen LogP contribution is 2.27. The lowest BCUT2D eigenvalue weighted by atomic mass is 9.87. The van der Waals surface area contributed by atoms with Crippen molar-refractivity contribution in [3.63, 3.8) is 0 Å². The van der Waals surface area contributed by atoms with Gasteiger partial charge in [-0.1, -0.05) is 25.8 Å². The Bertz CT molecular complexity index is 180. The predicted molar refractivity (Wildman–Crippen MR) is 49.5 cm³/mol. The number of hydrogen-bond donors (Lipinski definition) is 1. The molecule has 0 atom stereocenters. The van der Waals surface area contributed by atoms with E-state index in [1.54, 1.807) is 0 Å². The first kappa shape index (κ1) is 9.30. The van der Waals surface area contributed by atoms with E-state index in [9.17, 15) is 4.79 Å². The van der Waals surface area contributed by atoms with Gasteiger partial charge in [-0.25, -0.2) is 0 Å². The summed E-state index contributed by atoms with van der Waals surface area (Å²) in [5, 5.41) is 2.78. The van der Waals surface area contributed by atoms with Crippen LogP contribution < -0.4 is 5.32 Å². The fraction of sp³-hybridized carbons (Fsp3) is 0.700. The molecule has 0 aromatic heterocycles. The van der Waals surface area contributed by atoms with E-state index in [0.29, 0.717) is 5.92 Å². The molecule has 0 heterocycles. The topological polar surface area (TPSA) is 29.1 Å². The number of hydrogen-bond acceptors (Lipinski definition) is 1. The van der Waals surface area contributed by atoms with Crippen LogP contribution in [-0.4, -0.2) is 5.91 Å². The van der Waals surface area contributed by atoms with Gasteiger partial charge in [0.2, 0.25) is 5.91 Å². The highest BCUT2D eigenvalue weighted by atomic mass is 16.1. The monoisotopic (exact) mass is 167 g/mol. The molecule has 1 rings (SSSR count). The van der Waals surface area contributed by atoms with Gasteiger partial charge in [0.15, 0.2) is 0 Å². The summed E-state index contributed by atoms with van der Waals surface area (Å²) in [7, 11) is 0. The van der Waals surface area contributed by atoms with Crippen molar-refractivity contribution in [3.8, 4) is 0 Å². The Hall–Kier alpha value is -0.790. The molecular weight excluding hydrogens is 150 g/mol. The summed E-state index contributed by atoms with van der Waals surface area (Å²) in [4.78, 5) is 10.7. The third kappa shape index (κ3) is 2.68. The van der Waals surface area contributed by atoms with Crippen LogP contribution in [0.2, 0.25) is 0 Å². The molecule has 0 bridgehead atoms. The van der Waals surface area contributed by atoms with Crippen molar-refractivity contribution in [2.24, 2.45) is 5.92 Å². The Labute approximate surface area is 74.0 Å². The first-order chi connectivity index (χ1) is 5.70. The van der Waals surface area contributed by atoms with Crippen LogP contribution in [0.25, 0.3) is 0 Å². The fourth-order valence-corrected chi connectivity index (χ4v) is 1.78. The van der Waals surface area contributed by atoms with E-state index in [2.05, 4.69) is 11.9 Å². The standard InChI is InChI=1S/C10H17NO/c1-8(11-9(2)12)10-6-4-3-5-7-10/h10H,1,3-7H2,2H3,(H,11,12). The van der Waals surface area contributed by atoms with Gasteiger partial charge in [0, 0.05) is 12.6 Å². The van der Waals surface area contributed by atoms with Crippen molar-refractivity contribution in [1.82, 2.24) is 5.32 Å². The number of nitrogens with one attached hydrogen (secondary N) is 1. The van der Waals surface area contributed by atoms with E-state index < -0.39 is 0 Å². The van der Waals surface area contributed by atoms with Gasteiger partial charge in [0.1, 0.15) is 0 Å². The van der Waals surface area contributed by atoms with Crippen LogP contribution in [0.4, 0.5) is 0 Å². The van der Waals surface area contributed by atoms with Crippen molar-refractivity contribution >= 4 is 5.91 Å². The molecule has 2 nitrogen and oxygen atoms in total. The van der Waals surface area contributed by atoms with Crippen LogP contribution >= 0.6 is 0 Å². The molecule has 68 valence electrons. The molecule has 0 aromatic carbocycles. The van der Waals surface area contributed by atoms with E-state index in [0.717, 1.165) is 5.70 Å². The predicted octanol–water partition coefficient (Wildman–Crippen LogP) is 2.22. The summed E-state index contributed by atoms with van der Waals surface area (Å²) >= 11 is 0. The van der Waals surface area contributed by atoms with Crippen LogP contribution in [0.15, 0.2) is 12.3 Å². The number of amides is 1. The zero-order valence-electron chi connectivity index (χ0n) is 7.73. The van der Waals surface area contributed by atoms with E-state index >= 15 is 0 Å². The van der Waals surface area contributed by atoms with Crippen molar-refractivity contribution in [1.29, 1.82) is 0 Å². The zero-order valence-corrected chi connectivity index (χ0v) is 7.73. The molecule has 1 aliphatic carbocycles. The molecule has 2 heteroatoms. The number of carbonyl (C=O) groups excluding carboxylic acids is 1. The number of rotatable bonds is 2. The summed E-state index contributed by atoms with van der Waals surface area (Å²) in [6, 6.07) is 0. The first-order valence-corrected chi connectivity index (χ1v) is 4.66. The highest BCUT2D eigenvalue weighted by molar-refractivity contribution is 5.74. The van der Waals surface area contributed by atoms with Gasteiger partial charge in [-0.05, 0) is 18.8 Å². The molecule has 0 aliphatic heterocycles. The molecule has 0 radical (unpaired) electrons. The van der Waals surface area contributed by atoms with Crippen molar-refractivity contribution in [3.05, 3.63) is 12.3 Å². The smallest absolute Gasteiger partial charge is 0.220 e. The Balaban J connectivity index is 2.34. The quantitative estimate of drug-likeness (QED) is 0.671. The second kappa shape index (κ2) is 4.29. The van der Waals surface area contributed by atoms with Gasteiger partial charge in [-0.15, -0.1) is 0 Å². The molecule has 0 unspecified atom stereocenters. The molecule has 1 aliphatic rings. The van der Waals surface area contributed by atoms with Crippen molar-refractivity contribution in [2.75, 3.05) is 0 Å². The second-order valence-corrected chi connectivity index (χ2v) is 3.54. The minimum Gasteiger partial charge on any atom is -0.330 e. The van der Waals surface area contributed by atoms with E-state index in [1.807, 2.05) is 0 Å². The minimum atomic E-state index is 0.00516. The SMILES string of the molecule is C=C(NC(C)=O)C1CCCCC1. The third-order valence-corrected chi connectivity index (χ3v) is 2.43. The fourth-order valence-electron chi connectivity index (χ4n) is 1.78. The molecule has 0 aromatic rings. The van der Waals surface area contributed by atoms with Crippen LogP contribution in [-0.2, 0) is 4.79 Å². The maximum absolute atomic E-state index is 10.7. The van der Waals surface area contributed by atoms with Gasteiger partial charge < -0.3 is 5.32 Å². The summed E-state index contributed by atoms with van der Waals surface area (Å²) in [5.41, 5.74) is 0.919. The van der Waals surface area contributed by atoms with Crippen molar-refractivity contribution < 1.29 is 4.79 Å². The van der Waals surface area contributed by atoms with Gasteiger partial charge in [-0.3, -0.25) is 4.79 Å². The zero-order chi connectivity index (χ0) is 8.97. The molecule has 0 spiro atoms. The van der Waals surface area contributed by atoms with Gasteiger partial charge in [0.25, 0.3) is 0 Å². The van der Waals surface area contributed by atoms with Gasteiger partial charge >= 0.3 is 0 Å². The lowest BCUT2D eigenvalue weighted by Gasteiger charge is -2.23. The summed E-state index contributed by atoms with van der Waals surface area (Å²) in [6.45, 7) is 5.42. The van der Waals surface area contributed by atoms with Crippen LogP contribution in [0.1, 0.15) is 39.0 Å². The average molecular weight is 167 g/mol. The highest BCUT2D eigenvalue weighted by Gasteiger charge is 2.16. The number of carbonyl (C=O) groups is 1. The minimum absolute atomic E-state index is 0.00516. The molecule has 0 saturated heterocycles. The van der Waals surface area contributed by atoms with Crippen molar-refractivity contribution in [2.45, 2.75) is 39.0 Å². The summed E-state index contributed by atoms with van der Waals surface area (Å²) in [5.74, 6) is 0.535. The maximum atomic E-state index is 10.7. The molecule has 1 fully saturated rings. The Morgan fingerprint density at radius 3 is 2.42 bits per heavy atom.